The third kappa shape index (κ3) is 3.91. The molecule has 0 radical (unpaired) electrons. The number of alkyl halides is 6. The SMILES string of the molecule is CSc1sccc1-c1nc(-c2cc(C(F)(F)F)cc(C(F)(F)F)c2)cs1. The Labute approximate surface area is 156 Å². The average molecular weight is 425 g/mol. The summed E-state index contributed by atoms with van der Waals surface area (Å²) in [5.74, 6) is 0. The molecule has 1 aromatic carbocycles. The van der Waals surface area contributed by atoms with Crippen LogP contribution in [0.2, 0.25) is 0 Å². The van der Waals surface area contributed by atoms with E-state index in [1.165, 1.54) is 39.8 Å². The first-order valence-corrected chi connectivity index (χ1v) is 9.95. The Bertz CT molecular complexity index is 890. The minimum absolute atomic E-state index is 0.0832. The number of thioether (sulfide) groups is 1. The Morgan fingerprint density at radius 3 is 2.08 bits per heavy atom. The minimum Gasteiger partial charge on any atom is -0.236 e. The van der Waals surface area contributed by atoms with Crippen LogP contribution < -0.4 is 0 Å². The zero-order valence-electron chi connectivity index (χ0n) is 12.9. The topological polar surface area (TPSA) is 12.9 Å². The number of rotatable bonds is 3. The van der Waals surface area contributed by atoms with Crippen LogP contribution in [-0.2, 0) is 12.4 Å². The van der Waals surface area contributed by atoms with Gasteiger partial charge in [0, 0.05) is 16.5 Å². The number of hydrogen-bond acceptors (Lipinski definition) is 4. The van der Waals surface area contributed by atoms with Crippen molar-refractivity contribution in [3.05, 3.63) is 46.2 Å². The average Bonchev–Trinajstić information content (AvgIpc) is 3.21. The summed E-state index contributed by atoms with van der Waals surface area (Å²) in [4.78, 5) is 4.26. The van der Waals surface area contributed by atoms with Crippen LogP contribution in [0.1, 0.15) is 11.1 Å². The van der Waals surface area contributed by atoms with Crippen molar-refractivity contribution in [2.45, 2.75) is 16.6 Å². The molecule has 3 rings (SSSR count). The third-order valence-corrected chi connectivity index (χ3v) is 6.39. The minimum atomic E-state index is -4.88. The van der Waals surface area contributed by atoms with E-state index in [9.17, 15) is 26.3 Å². The van der Waals surface area contributed by atoms with Crippen LogP contribution in [0.4, 0.5) is 26.3 Å². The molecule has 0 bridgehead atoms. The van der Waals surface area contributed by atoms with Gasteiger partial charge in [0.2, 0.25) is 0 Å². The molecule has 2 heterocycles. The molecular formula is C16H9F6NS3. The van der Waals surface area contributed by atoms with E-state index in [4.69, 9.17) is 0 Å². The van der Waals surface area contributed by atoms with Gasteiger partial charge in [-0.3, -0.25) is 0 Å². The Hall–Kier alpha value is -1.52. The van der Waals surface area contributed by atoms with Crippen LogP contribution in [0, 0.1) is 0 Å². The molecule has 0 aliphatic heterocycles. The molecule has 1 nitrogen and oxygen atoms in total. The Morgan fingerprint density at radius 1 is 0.923 bits per heavy atom. The van der Waals surface area contributed by atoms with E-state index >= 15 is 0 Å². The standard InChI is InChI=1S/C16H9F6NS3/c1-24-14-11(2-3-25-14)13-23-12(7-26-13)8-4-9(15(17,18)19)6-10(5-8)16(20,21)22/h2-7H,1H3. The molecule has 0 fully saturated rings. The highest BCUT2D eigenvalue weighted by Gasteiger charge is 2.37. The maximum Gasteiger partial charge on any atom is 0.416 e. The summed E-state index contributed by atoms with van der Waals surface area (Å²) in [5.41, 5.74) is -2.01. The molecule has 0 aliphatic carbocycles. The number of aromatic nitrogens is 1. The molecule has 0 aliphatic rings. The lowest BCUT2D eigenvalue weighted by Crippen LogP contribution is -2.11. The van der Waals surface area contributed by atoms with Crippen molar-refractivity contribution >= 4 is 34.4 Å². The molecule has 0 saturated carbocycles. The summed E-state index contributed by atoms with van der Waals surface area (Å²) < 4.78 is 78.9. The second-order valence-electron chi connectivity index (χ2n) is 5.16. The van der Waals surface area contributed by atoms with Gasteiger partial charge in [-0.15, -0.1) is 34.4 Å². The quantitative estimate of drug-likeness (QED) is 0.323. The summed E-state index contributed by atoms with van der Waals surface area (Å²) >= 11 is 4.17. The number of nitrogens with zero attached hydrogens (tertiary/aromatic N) is 1. The predicted octanol–water partition coefficient (Wildman–Crippen LogP) is 7.30. The Balaban J connectivity index is 2.09. The summed E-state index contributed by atoms with van der Waals surface area (Å²) in [7, 11) is 0. The van der Waals surface area contributed by atoms with Gasteiger partial charge in [0.1, 0.15) is 5.01 Å². The lowest BCUT2D eigenvalue weighted by molar-refractivity contribution is -0.143. The van der Waals surface area contributed by atoms with Crippen molar-refractivity contribution < 1.29 is 26.3 Å². The molecule has 10 heteroatoms. The summed E-state index contributed by atoms with van der Waals surface area (Å²) in [5, 5.41) is 3.87. The van der Waals surface area contributed by atoms with E-state index in [1.807, 2.05) is 17.7 Å². The van der Waals surface area contributed by atoms with Gasteiger partial charge in [0.05, 0.1) is 21.0 Å². The number of thiazole rings is 1. The lowest BCUT2D eigenvalue weighted by Gasteiger charge is -2.13. The van der Waals surface area contributed by atoms with Crippen molar-refractivity contribution in [1.82, 2.24) is 4.98 Å². The van der Waals surface area contributed by atoms with Crippen LogP contribution in [-0.4, -0.2) is 11.2 Å². The van der Waals surface area contributed by atoms with E-state index in [-0.39, 0.29) is 17.3 Å². The van der Waals surface area contributed by atoms with Gasteiger partial charge < -0.3 is 0 Å². The van der Waals surface area contributed by atoms with Gasteiger partial charge >= 0.3 is 12.4 Å². The van der Waals surface area contributed by atoms with E-state index in [0.717, 1.165) is 9.77 Å². The van der Waals surface area contributed by atoms with Crippen molar-refractivity contribution in [2.75, 3.05) is 6.26 Å². The van der Waals surface area contributed by atoms with Crippen molar-refractivity contribution in [3.8, 4) is 21.8 Å². The second kappa shape index (κ2) is 6.90. The van der Waals surface area contributed by atoms with Gasteiger partial charge in [-0.25, -0.2) is 4.98 Å². The molecule has 0 spiro atoms. The smallest absolute Gasteiger partial charge is 0.236 e. The zero-order chi connectivity index (χ0) is 19.1. The second-order valence-corrected chi connectivity index (χ2v) is 8.01. The third-order valence-electron chi connectivity index (χ3n) is 3.43. The lowest BCUT2D eigenvalue weighted by atomic mass is 10.0. The molecule has 3 aromatic rings. The number of thiophene rings is 1. The van der Waals surface area contributed by atoms with Gasteiger partial charge in [-0.1, -0.05) is 0 Å². The Kier molecular flexibility index (Phi) is 5.11. The number of hydrogen-bond donors (Lipinski definition) is 0. The molecule has 0 unspecified atom stereocenters. The normalized spacial score (nSPS) is 12.6. The molecular weight excluding hydrogens is 416 g/mol. The molecule has 2 aromatic heterocycles. The van der Waals surface area contributed by atoms with Crippen molar-refractivity contribution in [1.29, 1.82) is 0 Å². The van der Waals surface area contributed by atoms with Crippen LogP contribution in [0.3, 0.4) is 0 Å². The van der Waals surface area contributed by atoms with E-state index in [2.05, 4.69) is 4.98 Å². The fourth-order valence-corrected chi connectivity index (χ4v) is 4.79. The predicted molar refractivity (Wildman–Crippen MR) is 92.6 cm³/mol. The first-order valence-electron chi connectivity index (χ1n) is 6.97. The van der Waals surface area contributed by atoms with Gasteiger partial charge in [0.25, 0.3) is 0 Å². The molecule has 0 saturated heterocycles. The summed E-state index contributed by atoms with van der Waals surface area (Å²) in [6, 6.07) is 3.32. The van der Waals surface area contributed by atoms with Gasteiger partial charge in [-0.05, 0) is 35.9 Å². The summed E-state index contributed by atoms with van der Waals surface area (Å²) in [6.45, 7) is 0. The molecule has 0 amide bonds. The molecule has 0 atom stereocenters. The van der Waals surface area contributed by atoms with Crippen molar-refractivity contribution in [3.63, 3.8) is 0 Å². The van der Waals surface area contributed by atoms with Crippen LogP contribution in [0.15, 0.2) is 39.2 Å². The van der Waals surface area contributed by atoms with Crippen LogP contribution in [0.5, 0.6) is 0 Å². The Morgan fingerprint density at radius 2 is 1.54 bits per heavy atom. The highest BCUT2D eigenvalue weighted by molar-refractivity contribution is 8.00. The van der Waals surface area contributed by atoms with Crippen molar-refractivity contribution in [2.24, 2.45) is 0 Å². The maximum atomic E-state index is 13.0. The molecule has 0 N–H and O–H groups in total. The fourth-order valence-electron chi connectivity index (χ4n) is 2.24. The number of halogens is 6. The van der Waals surface area contributed by atoms with E-state index < -0.39 is 23.5 Å². The summed E-state index contributed by atoms with van der Waals surface area (Å²) in [6.07, 6.45) is -7.88. The highest BCUT2D eigenvalue weighted by Crippen LogP contribution is 2.41. The fraction of sp³-hybridized carbons (Fsp3) is 0.188. The van der Waals surface area contributed by atoms with E-state index in [0.29, 0.717) is 17.1 Å². The molecule has 138 valence electrons. The van der Waals surface area contributed by atoms with Gasteiger partial charge in [0.15, 0.2) is 0 Å². The van der Waals surface area contributed by atoms with E-state index in [1.54, 1.807) is 0 Å². The highest BCUT2D eigenvalue weighted by atomic mass is 32.2. The zero-order valence-corrected chi connectivity index (χ0v) is 15.4. The first kappa shape index (κ1) is 19.2. The van der Waals surface area contributed by atoms with Crippen LogP contribution >= 0.6 is 34.4 Å². The van der Waals surface area contributed by atoms with Gasteiger partial charge in [-0.2, -0.15) is 26.3 Å². The number of benzene rings is 1. The first-order chi connectivity index (χ1) is 12.1. The monoisotopic (exact) mass is 425 g/mol. The largest absolute Gasteiger partial charge is 0.416 e. The van der Waals surface area contributed by atoms with Crippen LogP contribution in [0.25, 0.3) is 21.8 Å². The molecule has 26 heavy (non-hydrogen) atoms. The maximum absolute atomic E-state index is 13.0.